The number of likely N-dealkylation sites (tertiary alicyclic amines) is 1. The van der Waals surface area contributed by atoms with Gasteiger partial charge >= 0.3 is 0 Å². The van der Waals surface area contributed by atoms with E-state index in [1.54, 1.807) is 0 Å². The van der Waals surface area contributed by atoms with Gasteiger partial charge in [0.15, 0.2) is 0 Å². The van der Waals surface area contributed by atoms with E-state index in [0.717, 1.165) is 71.2 Å². The number of benzene rings is 1. The summed E-state index contributed by atoms with van der Waals surface area (Å²) in [6, 6.07) is 8.24. The summed E-state index contributed by atoms with van der Waals surface area (Å²) in [6.45, 7) is 6.28. The zero-order valence-corrected chi connectivity index (χ0v) is 16.4. The quantitative estimate of drug-likeness (QED) is 0.823. The second-order valence-corrected chi connectivity index (χ2v) is 8.27. The van der Waals surface area contributed by atoms with Gasteiger partial charge in [-0.3, -0.25) is 9.59 Å². The predicted molar refractivity (Wildman–Crippen MR) is 107 cm³/mol. The number of piperidine rings is 1. The molecule has 0 spiro atoms. The number of hydrogen-bond acceptors (Lipinski definition) is 3. The van der Waals surface area contributed by atoms with Gasteiger partial charge in [0.05, 0.1) is 0 Å². The number of carbonyl (C=O) groups is 2. The highest BCUT2D eigenvalue weighted by Gasteiger charge is 2.40. The maximum Gasteiger partial charge on any atom is 0.245 e. The lowest BCUT2D eigenvalue weighted by Gasteiger charge is -2.37. The Kier molecular flexibility index (Phi) is 5.37. The van der Waals surface area contributed by atoms with Crippen molar-refractivity contribution in [3.05, 3.63) is 29.8 Å². The summed E-state index contributed by atoms with van der Waals surface area (Å²) in [4.78, 5) is 32.3. The SMILES string of the molecule is Cc1ccccc1N1CCCN(C(=O)[C@@H]2CCCCN2C(=O)C2CC2)CC1. The lowest BCUT2D eigenvalue weighted by molar-refractivity contribution is -0.148. The number of anilines is 1. The molecule has 2 saturated heterocycles. The first-order valence-corrected chi connectivity index (χ1v) is 10.5. The van der Waals surface area contributed by atoms with E-state index < -0.39 is 0 Å². The van der Waals surface area contributed by atoms with Gasteiger partial charge in [-0.05, 0) is 57.1 Å². The summed E-state index contributed by atoms with van der Waals surface area (Å²) >= 11 is 0. The van der Waals surface area contributed by atoms with Crippen molar-refractivity contribution >= 4 is 17.5 Å². The van der Waals surface area contributed by atoms with Gasteiger partial charge in [0.1, 0.15) is 6.04 Å². The maximum atomic E-state index is 13.3. The van der Waals surface area contributed by atoms with Crippen LogP contribution in [0.5, 0.6) is 0 Å². The van der Waals surface area contributed by atoms with Crippen molar-refractivity contribution in [2.24, 2.45) is 5.92 Å². The van der Waals surface area contributed by atoms with Crippen LogP contribution in [0.4, 0.5) is 5.69 Å². The van der Waals surface area contributed by atoms with E-state index in [1.165, 1.54) is 11.3 Å². The number of hydrogen-bond donors (Lipinski definition) is 0. The maximum absolute atomic E-state index is 13.3. The van der Waals surface area contributed by atoms with Gasteiger partial charge in [-0.15, -0.1) is 0 Å². The smallest absolute Gasteiger partial charge is 0.245 e. The molecule has 2 amide bonds. The van der Waals surface area contributed by atoms with Crippen LogP contribution in [0, 0.1) is 12.8 Å². The molecule has 0 bridgehead atoms. The minimum Gasteiger partial charge on any atom is -0.369 e. The third kappa shape index (κ3) is 3.97. The van der Waals surface area contributed by atoms with Crippen LogP contribution in [0.1, 0.15) is 44.1 Å². The summed E-state index contributed by atoms with van der Waals surface area (Å²) in [5.41, 5.74) is 2.56. The molecule has 27 heavy (non-hydrogen) atoms. The van der Waals surface area contributed by atoms with Crippen LogP contribution in [0.15, 0.2) is 24.3 Å². The Bertz CT molecular complexity index is 701. The van der Waals surface area contributed by atoms with Gasteiger partial charge in [-0.2, -0.15) is 0 Å². The first-order valence-electron chi connectivity index (χ1n) is 10.5. The number of carbonyl (C=O) groups excluding carboxylic acids is 2. The van der Waals surface area contributed by atoms with Crippen LogP contribution in [0.3, 0.4) is 0 Å². The minimum atomic E-state index is -0.225. The Morgan fingerprint density at radius 3 is 2.44 bits per heavy atom. The zero-order chi connectivity index (χ0) is 18.8. The molecule has 1 saturated carbocycles. The number of rotatable bonds is 3. The zero-order valence-electron chi connectivity index (χ0n) is 16.4. The van der Waals surface area contributed by atoms with Gasteiger partial charge in [0, 0.05) is 44.3 Å². The van der Waals surface area contributed by atoms with Crippen molar-refractivity contribution in [2.45, 2.75) is 51.5 Å². The molecule has 1 aromatic rings. The fourth-order valence-corrected chi connectivity index (χ4v) is 4.52. The highest BCUT2D eigenvalue weighted by Crippen LogP contribution is 2.33. The molecule has 0 aromatic heterocycles. The van der Waals surface area contributed by atoms with Crippen LogP contribution in [0.25, 0.3) is 0 Å². The normalized spacial score (nSPS) is 23.9. The Balaban J connectivity index is 1.42. The molecule has 3 aliphatic rings. The van der Waals surface area contributed by atoms with Gasteiger partial charge in [-0.25, -0.2) is 0 Å². The van der Waals surface area contributed by atoms with E-state index in [4.69, 9.17) is 0 Å². The number of amides is 2. The molecule has 1 aliphatic carbocycles. The summed E-state index contributed by atoms with van der Waals surface area (Å²) in [5.74, 6) is 0.596. The summed E-state index contributed by atoms with van der Waals surface area (Å²) in [6.07, 6.45) is 5.90. The lowest BCUT2D eigenvalue weighted by Crippen LogP contribution is -2.54. The number of nitrogens with zero attached hydrogens (tertiary/aromatic N) is 3. The van der Waals surface area contributed by atoms with Crippen molar-refractivity contribution < 1.29 is 9.59 Å². The van der Waals surface area contributed by atoms with Gasteiger partial charge in [0.2, 0.25) is 11.8 Å². The Labute approximate surface area is 162 Å². The van der Waals surface area contributed by atoms with Crippen molar-refractivity contribution in [1.29, 1.82) is 0 Å². The molecule has 0 N–H and O–H groups in total. The highest BCUT2D eigenvalue weighted by atomic mass is 16.2. The van der Waals surface area contributed by atoms with Crippen LogP contribution in [-0.4, -0.2) is 60.4 Å². The second-order valence-electron chi connectivity index (χ2n) is 8.27. The molecule has 1 aromatic carbocycles. The third-order valence-corrected chi connectivity index (χ3v) is 6.26. The molecule has 2 aliphatic heterocycles. The first kappa shape index (κ1) is 18.3. The van der Waals surface area contributed by atoms with Gasteiger partial charge in [-0.1, -0.05) is 18.2 Å². The summed E-state index contributed by atoms with van der Waals surface area (Å²) in [7, 11) is 0. The molecule has 3 fully saturated rings. The summed E-state index contributed by atoms with van der Waals surface area (Å²) in [5, 5.41) is 0. The monoisotopic (exact) mass is 369 g/mol. The minimum absolute atomic E-state index is 0.176. The van der Waals surface area contributed by atoms with Crippen LogP contribution in [-0.2, 0) is 9.59 Å². The number of para-hydroxylation sites is 1. The van der Waals surface area contributed by atoms with Crippen molar-refractivity contribution in [1.82, 2.24) is 9.80 Å². The van der Waals surface area contributed by atoms with Crippen LogP contribution >= 0.6 is 0 Å². The molecule has 4 rings (SSSR count). The molecular weight excluding hydrogens is 338 g/mol. The average Bonchev–Trinajstić information content (AvgIpc) is 3.54. The van der Waals surface area contributed by atoms with E-state index in [1.807, 2.05) is 9.80 Å². The Hall–Kier alpha value is -2.04. The van der Waals surface area contributed by atoms with Crippen LogP contribution in [0.2, 0.25) is 0 Å². The second kappa shape index (κ2) is 7.91. The molecule has 146 valence electrons. The molecule has 0 radical (unpaired) electrons. The van der Waals surface area contributed by atoms with E-state index in [2.05, 4.69) is 36.1 Å². The van der Waals surface area contributed by atoms with Gasteiger partial charge in [0.25, 0.3) is 0 Å². The van der Waals surface area contributed by atoms with Crippen molar-refractivity contribution in [3.63, 3.8) is 0 Å². The fourth-order valence-electron chi connectivity index (χ4n) is 4.52. The van der Waals surface area contributed by atoms with Crippen LogP contribution < -0.4 is 4.90 Å². The molecule has 1 atom stereocenters. The standard InChI is InChI=1S/C22H31N3O2/c1-17-7-2-3-8-19(17)23-12-6-13-24(16-15-23)22(27)20-9-4-5-14-25(20)21(26)18-10-11-18/h2-3,7-8,18,20H,4-6,9-16H2,1H3/t20-/m0/s1. The fraction of sp³-hybridized carbons (Fsp3) is 0.636. The molecule has 5 nitrogen and oxygen atoms in total. The Morgan fingerprint density at radius 1 is 0.852 bits per heavy atom. The lowest BCUT2D eigenvalue weighted by atomic mass is 10.00. The Morgan fingerprint density at radius 2 is 1.67 bits per heavy atom. The summed E-state index contributed by atoms with van der Waals surface area (Å²) < 4.78 is 0. The average molecular weight is 370 g/mol. The van der Waals surface area contributed by atoms with Crippen molar-refractivity contribution in [3.8, 4) is 0 Å². The molecule has 2 heterocycles. The van der Waals surface area contributed by atoms with E-state index in [0.29, 0.717) is 0 Å². The molecule has 0 unspecified atom stereocenters. The molecule has 5 heteroatoms. The molecular formula is C22H31N3O2. The first-order chi connectivity index (χ1) is 13.1. The third-order valence-electron chi connectivity index (χ3n) is 6.26. The van der Waals surface area contributed by atoms with Gasteiger partial charge < -0.3 is 14.7 Å². The predicted octanol–water partition coefficient (Wildman–Crippen LogP) is 2.82. The van der Waals surface area contributed by atoms with E-state index >= 15 is 0 Å². The topological polar surface area (TPSA) is 43.9 Å². The highest BCUT2D eigenvalue weighted by molar-refractivity contribution is 5.89. The largest absolute Gasteiger partial charge is 0.369 e. The van der Waals surface area contributed by atoms with E-state index in [-0.39, 0.29) is 23.8 Å². The number of aryl methyl sites for hydroxylation is 1. The van der Waals surface area contributed by atoms with Crippen molar-refractivity contribution in [2.75, 3.05) is 37.6 Å². The van der Waals surface area contributed by atoms with E-state index in [9.17, 15) is 9.59 Å².